The summed E-state index contributed by atoms with van der Waals surface area (Å²) >= 11 is 0. The molecule has 0 aliphatic rings. The maximum absolute atomic E-state index is 5.62. The summed E-state index contributed by atoms with van der Waals surface area (Å²) in [6.45, 7) is 3.68. The Morgan fingerprint density at radius 2 is 1.88 bits per heavy atom. The van der Waals surface area contributed by atoms with Gasteiger partial charge in [0.2, 0.25) is 0 Å². The van der Waals surface area contributed by atoms with E-state index in [1.165, 1.54) is 5.56 Å². The normalized spacial score (nSPS) is 9.62. The molecule has 0 heterocycles. The quantitative estimate of drug-likeness (QED) is 0.550. The van der Waals surface area contributed by atoms with Crippen molar-refractivity contribution in [1.82, 2.24) is 0 Å². The molecule has 4 heteroatoms. The minimum Gasteiger partial charge on any atom is -0.494 e. The van der Waals surface area contributed by atoms with Gasteiger partial charge in [0.25, 0.3) is 0 Å². The number of benzene rings is 1. The average Bonchev–Trinajstić information content (AvgIpc) is 2.23. The van der Waals surface area contributed by atoms with Crippen molar-refractivity contribution < 1.29 is 9.26 Å². The molecule has 1 unspecified atom stereocenters. The standard InChI is InChI=1S/C12H19O2P.ClH/c1-11-6-5-7-12(10-11)13-8-3-2-4-9-14-15;/h5-7,10H,2-4,8-9,15H2,1H3;1H. The fourth-order valence-corrected chi connectivity index (χ4v) is 1.53. The molecule has 0 spiro atoms. The van der Waals surface area contributed by atoms with Gasteiger partial charge in [-0.25, -0.2) is 0 Å². The lowest BCUT2D eigenvalue weighted by molar-refractivity contribution is 0.293. The molecule has 0 bridgehead atoms. The zero-order valence-electron chi connectivity index (χ0n) is 9.65. The Bertz CT molecular complexity index is 281. The van der Waals surface area contributed by atoms with Crippen molar-refractivity contribution in [2.45, 2.75) is 26.2 Å². The second-order valence-electron chi connectivity index (χ2n) is 3.60. The smallest absolute Gasteiger partial charge is 0.119 e. The minimum atomic E-state index is 0. The molecule has 0 saturated heterocycles. The van der Waals surface area contributed by atoms with Crippen LogP contribution < -0.4 is 4.74 Å². The summed E-state index contributed by atoms with van der Waals surface area (Å²) in [7, 11) is 2.27. The molecule has 1 atom stereocenters. The molecule has 0 aliphatic heterocycles. The van der Waals surface area contributed by atoms with E-state index in [4.69, 9.17) is 9.26 Å². The van der Waals surface area contributed by atoms with Gasteiger partial charge in [-0.1, -0.05) is 12.1 Å². The minimum absolute atomic E-state index is 0. The molecule has 0 radical (unpaired) electrons. The van der Waals surface area contributed by atoms with Crippen LogP contribution in [0.25, 0.3) is 0 Å². The topological polar surface area (TPSA) is 18.5 Å². The van der Waals surface area contributed by atoms with E-state index in [1.807, 2.05) is 12.1 Å². The lowest BCUT2D eigenvalue weighted by atomic mass is 10.2. The van der Waals surface area contributed by atoms with Crippen LogP contribution in [0.1, 0.15) is 24.8 Å². The van der Waals surface area contributed by atoms with Crippen LogP contribution in [0.4, 0.5) is 0 Å². The Labute approximate surface area is 106 Å². The zero-order chi connectivity index (χ0) is 10.9. The highest BCUT2D eigenvalue weighted by Gasteiger charge is 1.94. The Morgan fingerprint density at radius 3 is 2.56 bits per heavy atom. The summed E-state index contributed by atoms with van der Waals surface area (Å²) in [5, 5.41) is 0. The Morgan fingerprint density at radius 1 is 1.12 bits per heavy atom. The van der Waals surface area contributed by atoms with E-state index in [0.717, 1.165) is 38.2 Å². The van der Waals surface area contributed by atoms with Crippen LogP contribution >= 0.6 is 21.9 Å². The van der Waals surface area contributed by atoms with Gasteiger partial charge in [-0.15, -0.1) is 12.4 Å². The molecular weight excluding hydrogens is 243 g/mol. The van der Waals surface area contributed by atoms with E-state index in [0.29, 0.717) is 0 Å². The molecule has 1 aromatic rings. The van der Waals surface area contributed by atoms with Gasteiger partial charge in [0, 0.05) is 9.47 Å². The summed E-state index contributed by atoms with van der Waals surface area (Å²) < 4.78 is 10.5. The molecule has 0 aromatic heterocycles. The van der Waals surface area contributed by atoms with E-state index < -0.39 is 0 Å². The maximum Gasteiger partial charge on any atom is 0.119 e. The summed E-state index contributed by atoms with van der Waals surface area (Å²) in [5.41, 5.74) is 1.24. The molecule has 16 heavy (non-hydrogen) atoms. The fourth-order valence-electron chi connectivity index (χ4n) is 1.36. The Kier molecular flexibility index (Phi) is 9.71. The summed E-state index contributed by atoms with van der Waals surface area (Å²) in [6.07, 6.45) is 3.34. The van der Waals surface area contributed by atoms with E-state index in [1.54, 1.807) is 0 Å². The van der Waals surface area contributed by atoms with E-state index in [2.05, 4.69) is 28.5 Å². The fraction of sp³-hybridized carbons (Fsp3) is 0.500. The van der Waals surface area contributed by atoms with Crippen LogP contribution in [0.5, 0.6) is 5.75 Å². The molecule has 0 fully saturated rings. The van der Waals surface area contributed by atoms with Gasteiger partial charge in [-0.2, -0.15) is 0 Å². The lowest BCUT2D eigenvalue weighted by Crippen LogP contribution is -1.98. The van der Waals surface area contributed by atoms with Gasteiger partial charge < -0.3 is 9.26 Å². The molecular formula is C12H20ClO2P. The first-order chi connectivity index (χ1) is 7.33. The van der Waals surface area contributed by atoms with Crippen molar-refractivity contribution in [1.29, 1.82) is 0 Å². The van der Waals surface area contributed by atoms with Crippen LogP contribution in [0, 0.1) is 6.92 Å². The Balaban J connectivity index is 0.00000225. The van der Waals surface area contributed by atoms with E-state index in [-0.39, 0.29) is 12.4 Å². The van der Waals surface area contributed by atoms with Crippen molar-refractivity contribution >= 4 is 21.9 Å². The number of aryl methyl sites for hydroxylation is 1. The predicted molar refractivity (Wildman–Crippen MR) is 73.4 cm³/mol. The molecule has 92 valence electrons. The molecule has 1 rings (SSSR count). The van der Waals surface area contributed by atoms with Crippen molar-refractivity contribution in [3.05, 3.63) is 29.8 Å². The number of ether oxygens (including phenoxy) is 1. The van der Waals surface area contributed by atoms with Crippen LogP contribution in [-0.2, 0) is 4.52 Å². The van der Waals surface area contributed by atoms with Crippen LogP contribution in [-0.4, -0.2) is 13.2 Å². The summed E-state index contributed by atoms with van der Waals surface area (Å²) in [4.78, 5) is 0. The molecule has 0 amide bonds. The van der Waals surface area contributed by atoms with Crippen molar-refractivity contribution in [2.75, 3.05) is 13.2 Å². The predicted octanol–water partition coefficient (Wildman–Crippen LogP) is 3.77. The SMILES string of the molecule is Cc1cccc(OCCCCCOP)c1.Cl. The van der Waals surface area contributed by atoms with Gasteiger partial charge in [-0.05, 0) is 43.9 Å². The van der Waals surface area contributed by atoms with E-state index in [9.17, 15) is 0 Å². The molecule has 0 saturated carbocycles. The lowest BCUT2D eigenvalue weighted by Gasteiger charge is -2.06. The first-order valence-electron chi connectivity index (χ1n) is 5.34. The van der Waals surface area contributed by atoms with Crippen LogP contribution in [0.3, 0.4) is 0 Å². The van der Waals surface area contributed by atoms with Gasteiger partial charge >= 0.3 is 0 Å². The van der Waals surface area contributed by atoms with Gasteiger partial charge in [-0.3, -0.25) is 0 Å². The second-order valence-corrected chi connectivity index (χ2v) is 3.93. The first kappa shape index (κ1) is 15.7. The number of halogens is 1. The van der Waals surface area contributed by atoms with Gasteiger partial charge in [0.1, 0.15) is 5.75 Å². The highest BCUT2D eigenvalue weighted by molar-refractivity contribution is 7.09. The summed E-state index contributed by atoms with van der Waals surface area (Å²) in [6, 6.07) is 8.15. The van der Waals surface area contributed by atoms with Crippen molar-refractivity contribution in [2.24, 2.45) is 0 Å². The first-order valence-corrected chi connectivity index (χ1v) is 5.81. The zero-order valence-corrected chi connectivity index (χ0v) is 11.6. The second kappa shape index (κ2) is 9.89. The number of rotatable bonds is 7. The van der Waals surface area contributed by atoms with Crippen LogP contribution in [0.2, 0.25) is 0 Å². The number of hydrogen-bond donors (Lipinski definition) is 0. The van der Waals surface area contributed by atoms with Gasteiger partial charge in [0.15, 0.2) is 0 Å². The average molecular weight is 263 g/mol. The third-order valence-electron chi connectivity index (χ3n) is 2.16. The Hall–Kier alpha value is -0.300. The maximum atomic E-state index is 5.62. The van der Waals surface area contributed by atoms with Crippen molar-refractivity contribution in [3.63, 3.8) is 0 Å². The monoisotopic (exact) mass is 262 g/mol. The number of unbranched alkanes of at least 4 members (excludes halogenated alkanes) is 2. The number of hydrogen-bond acceptors (Lipinski definition) is 2. The largest absolute Gasteiger partial charge is 0.494 e. The van der Waals surface area contributed by atoms with Crippen molar-refractivity contribution in [3.8, 4) is 5.75 Å². The molecule has 2 nitrogen and oxygen atoms in total. The molecule has 1 aromatic carbocycles. The third kappa shape index (κ3) is 7.05. The van der Waals surface area contributed by atoms with Crippen LogP contribution in [0.15, 0.2) is 24.3 Å². The van der Waals surface area contributed by atoms with Gasteiger partial charge in [0.05, 0.1) is 13.2 Å². The summed E-state index contributed by atoms with van der Waals surface area (Å²) in [5.74, 6) is 0.970. The molecule has 0 N–H and O–H groups in total. The highest BCUT2D eigenvalue weighted by atomic mass is 35.5. The molecule has 0 aliphatic carbocycles. The highest BCUT2D eigenvalue weighted by Crippen LogP contribution is 2.12. The van der Waals surface area contributed by atoms with E-state index >= 15 is 0 Å². The third-order valence-corrected chi connectivity index (χ3v) is 2.40.